The molecule has 2 aliphatic rings. The number of carbonyl (C=O) groups is 1. The van der Waals surface area contributed by atoms with Gasteiger partial charge in [-0.2, -0.15) is 0 Å². The van der Waals surface area contributed by atoms with Crippen molar-refractivity contribution in [2.45, 2.75) is 50.6 Å². The van der Waals surface area contributed by atoms with Crippen molar-refractivity contribution >= 4 is 32.2 Å². The molecule has 1 aliphatic heterocycles. The summed E-state index contributed by atoms with van der Waals surface area (Å²) in [4.78, 5) is 17.2. The molecule has 5 rings (SSSR count). The number of nitrogens with one attached hydrogen (secondary N) is 1. The molecule has 0 atom stereocenters. The fourth-order valence-corrected chi connectivity index (χ4v) is 6.73. The van der Waals surface area contributed by atoms with E-state index in [0.29, 0.717) is 29.3 Å². The number of pyridine rings is 1. The first-order valence-electron chi connectivity index (χ1n) is 13.1. The van der Waals surface area contributed by atoms with Crippen LogP contribution in [0.3, 0.4) is 0 Å². The SMILES string of the molecule is COc1cnc(C(F)F)cc1-c1cc(CCC2(O)CCS(=O)(=O)CC2)ccc1C(=O)Nc1nnc(C#CC2CC2)s1. The van der Waals surface area contributed by atoms with Crippen LogP contribution < -0.4 is 10.1 Å². The van der Waals surface area contributed by atoms with Crippen molar-refractivity contribution in [2.75, 3.05) is 23.9 Å². The van der Waals surface area contributed by atoms with Crippen molar-refractivity contribution in [2.24, 2.45) is 5.92 Å². The van der Waals surface area contributed by atoms with Gasteiger partial charge in [-0.3, -0.25) is 15.1 Å². The van der Waals surface area contributed by atoms with Gasteiger partial charge < -0.3 is 9.84 Å². The first kappa shape index (κ1) is 29.0. The van der Waals surface area contributed by atoms with E-state index in [4.69, 9.17) is 4.74 Å². The van der Waals surface area contributed by atoms with Crippen LogP contribution in [-0.4, -0.2) is 58.8 Å². The van der Waals surface area contributed by atoms with E-state index in [1.165, 1.54) is 19.4 Å². The summed E-state index contributed by atoms with van der Waals surface area (Å²) in [5.74, 6) is 5.97. The Hall–Kier alpha value is -3.47. The van der Waals surface area contributed by atoms with Crippen LogP contribution in [0.4, 0.5) is 13.9 Å². The normalized spacial score (nSPS) is 17.5. The van der Waals surface area contributed by atoms with Crippen LogP contribution >= 0.6 is 11.3 Å². The summed E-state index contributed by atoms with van der Waals surface area (Å²) in [6.45, 7) is 0. The van der Waals surface area contributed by atoms with Gasteiger partial charge in [0.25, 0.3) is 12.3 Å². The second kappa shape index (κ2) is 11.8. The Morgan fingerprint density at radius 2 is 1.98 bits per heavy atom. The average molecular weight is 603 g/mol. The van der Waals surface area contributed by atoms with Gasteiger partial charge in [0.15, 0.2) is 14.8 Å². The number of benzene rings is 1. The molecule has 1 saturated heterocycles. The van der Waals surface area contributed by atoms with Gasteiger partial charge in [0, 0.05) is 17.0 Å². The molecule has 1 aromatic carbocycles. The van der Waals surface area contributed by atoms with E-state index in [9.17, 15) is 27.1 Å². The van der Waals surface area contributed by atoms with E-state index >= 15 is 0 Å². The molecule has 13 heteroatoms. The highest BCUT2D eigenvalue weighted by atomic mass is 32.2. The lowest BCUT2D eigenvalue weighted by Gasteiger charge is -2.32. The zero-order valence-electron chi connectivity index (χ0n) is 22.2. The average Bonchev–Trinajstić information content (AvgIpc) is 3.69. The number of aromatic nitrogens is 3. The second-order valence-corrected chi connectivity index (χ2v) is 13.6. The number of ether oxygens (including phenoxy) is 1. The molecule has 2 aromatic heterocycles. The van der Waals surface area contributed by atoms with Crippen molar-refractivity contribution in [1.29, 1.82) is 0 Å². The van der Waals surface area contributed by atoms with Gasteiger partial charge in [-0.1, -0.05) is 29.4 Å². The number of anilines is 1. The highest BCUT2D eigenvalue weighted by Gasteiger charge is 2.35. The number of alkyl halides is 2. The van der Waals surface area contributed by atoms with E-state index in [2.05, 4.69) is 32.3 Å². The first-order valence-corrected chi connectivity index (χ1v) is 15.7. The van der Waals surface area contributed by atoms with Crippen LogP contribution in [0.2, 0.25) is 0 Å². The third-order valence-electron chi connectivity index (χ3n) is 7.19. The van der Waals surface area contributed by atoms with Crippen LogP contribution in [0.15, 0.2) is 30.5 Å². The number of nitrogens with zero attached hydrogens (tertiary/aromatic N) is 3. The van der Waals surface area contributed by atoms with Crippen LogP contribution in [0, 0.1) is 17.8 Å². The molecular weight excluding hydrogens is 574 g/mol. The molecule has 2 fully saturated rings. The number of hydrogen-bond acceptors (Lipinski definition) is 9. The molecule has 0 bridgehead atoms. The first-order chi connectivity index (χ1) is 19.5. The number of aliphatic hydroxyl groups is 1. The van der Waals surface area contributed by atoms with Gasteiger partial charge in [-0.05, 0) is 67.7 Å². The number of hydrogen-bond donors (Lipinski definition) is 2. The quantitative estimate of drug-likeness (QED) is 0.362. The van der Waals surface area contributed by atoms with Gasteiger partial charge in [-0.25, -0.2) is 17.2 Å². The van der Waals surface area contributed by atoms with Crippen molar-refractivity contribution in [3.63, 3.8) is 0 Å². The third kappa shape index (κ3) is 7.25. The topological polar surface area (TPSA) is 131 Å². The molecule has 1 amide bonds. The summed E-state index contributed by atoms with van der Waals surface area (Å²) in [7, 11) is -1.76. The van der Waals surface area contributed by atoms with Crippen molar-refractivity contribution in [1.82, 2.24) is 15.2 Å². The van der Waals surface area contributed by atoms with Crippen molar-refractivity contribution < 1.29 is 31.8 Å². The number of rotatable bonds is 8. The molecular formula is C28H28F2N4O5S2. The third-order valence-corrected chi connectivity index (χ3v) is 9.60. The van der Waals surface area contributed by atoms with Gasteiger partial charge >= 0.3 is 0 Å². The van der Waals surface area contributed by atoms with E-state index in [1.54, 1.807) is 18.2 Å². The molecule has 1 aliphatic carbocycles. The lowest BCUT2D eigenvalue weighted by atomic mass is 9.88. The number of sulfone groups is 1. The molecule has 0 radical (unpaired) electrons. The van der Waals surface area contributed by atoms with Gasteiger partial charge in [0.1, 0.15) is 11.4 Å². The predicted molar refractivity (Wildman–Crippen MR) is 150 cm³/mol. The number of methoxy groups -OCH3 is 1. The van der Waals surface area contributed by atoms with E-state index in [1.807, 2.05) is 0 Å². The lowest BCUT2D eigenvalue weighted by molar-refractivity contribution is 0.0220. The highest BCUT2D eigenvalue weighted by Crippen LogP contribution is 2.37. The summed E-state index contributed by atoms with van der Waals surface area (Å²) < 4.78 is 56.2. The monoisotopic (exact) mass is 602 g/mol. The zero-order chi connectivity index (χ0) is 29.2. The highest BCUT2D eigenvalue weighted by molar-refractivity contribution is 7.91. The van der Waals surface area contributed by atoms with Gasteiger partial charge in [0.2, 0.25) is 5.13 Å². The smallest absolute Gasteiger partial charge is 0.280 e. The Labute approximate surface area is 240 Å². The lowest BCUT2D eigenvalue weighted by Crippen LogP contribution is -2.39. The predicted octanol–water partition coefficient (Wildman–Crippen LogP) is 4.43. The van der Waals surface area contributed by atoms with Crippen LogP contribution in [0.5, 0.6) is 5.75 Å². The summed E-state index contributed by atoms with van der Waals surface area (Å²) in [5.41, 5.74) is -0.112. The van der Waals surface area contributed by atoms with Crippen LogP contribution in [0.1, 0.15) is 65.2 Å². The molecule has 2 N–H and O–H groups in total. The zero-order valence-corrected chi connectivity index (χ0v) is 23.8. The molecule has 3 heterocycles. The number of aryl methyl sites for hydroxylation is 1. The fourth-order valence-electron chi connectivity index (χ4n) is 4.54. The summed E-state index contributed by atoms with van der Waals surface area (Å²) in [6, 6.07) is 6.18. The molecule has 3 aromatic rings. The maximum Gasteiger partial charge on any atom is 0.280 e. The second-order valence-electron chi connectivity index (χ2n) is 10.3. The fraction of sp³-hybridized carbons (Fsp3) is 0.429. The molecule has 0 unspecified atom stereocenters. The Balaban J connectivity index is 1.45. The molecule has 216 valence electrons. The Morgan fingerprint density at radius 1 is 1.22 bits per heavy atom. The van der Waals surface area contributed by atoms with Crippen LogP contribution in [-0.2, 0) is 16.3 Å². The summed E-state index contributed by atoms with van der Waals surface area (Å²) in [5, 5.41) is 22.4. The number of halogens is 2. The maximum atomic E-state index is 13.6. The largest absolute Gasteiger partial charge is 0.494 e. The summed E-state index contributed by atoms with van der Waals surface area (Å²) >= 11 is 1.14. The van der Waals surface area contributed by atoms with Crippen molar-refractivity contribution in [3.05, 3.63) is 52.3 Å². The number of amides is 1. The minimum atomic E-state index is -3.14. The van der Waals surface area contributed by atoms with E-state index in [-0.39, 0.29) is 46.4 Å². The molecule has 0 spiro atoms. The molecule has 9 nitrogen and oxygen atoms in total. The van der Waals surface area contributed by atoms with Gasteiger partial charge in [0.05, 0.1) is 30.4 Å². The van der Waals surface area contributed by atoms with Crippen molar-refractivity contribution in [3.8, 4) is 28.7 Å². The Morgan fingerprint density at radius 3 is 2.66 bits per heavy atom. The summed E-state index contributed by atoms with van der Waals surface area (Å²) in [6.07, 6.45) is 1.46. The van der Waals surface area contributed by atoms with E-state index < -0.39 is 33.5 Å². The minimum Gasteiger partial charge on any atom is -0.494 e. The molecule has 41 heavy (non-hydrogen) atoms. The molecule has 1 saturated carbocycles. The Bertz CT molecular complexity index is 1610. The standard InChI is InChI=1S/C28H28F2N4O5S2/c1-39-23-16-31-22(25(29)30)15-21(23)20-14-18(8-9-28(36)10-12-41(37,38)13-11-28)4-6-19(20)26(35)32-27-34-33-24(40-27)7-5-17-2-3-17/h4,6,14-17,25,36H,2-3,8-13H2,1H3,(H,32,34,35). The Kier molecular flexibility index (Phi) is 8.35. The number of carbonyl (C=O) groups excluding carboxylic acids is 1. The van der Waals surface area contributed by atoms with E-state index in [0.717, 1.165) is 29.7 Å². The van der Waals surface area contributed by atoms with Crippen LogP contribution in [0.25, 0.3) is 11.1 Å². The maximum absolute atomic E-state index is 13.6. The minimum absolute atomic E-state index is 0.0715. The van der Waals surface area contributed by atoms with Gasteiger partial charge in [-0.15, -0.1) is 10.2 Å².